The van der Waals surface area contributed by atoms with Crippen LogP contribution in [-0.2, 0) is 0 Å². The molecule has 1 N–H and O–H groups in total. The van der Waals surface area contributed by atoms with Crippen LogP contribution >= 0.6 is 0 Å². The Balaban J connectivity index is 2.15. The van der Waals surface area contributed by atoms with Crippen LogP contribution in [0.5, 0.6) is 0 Å². The molecule has 0 bridgehead atoms. The Kier molecular flexibility index (Phi) is 3.38. The molecule has 1 unspecified atom stereocenters. The second kappa shape index (κ2) is 5.05. The van der Waals surface area contributed by atoms with Gasteiger partial charge in [-0.3, -0.25) is 9.47 Å². The number of benzene rings is 1. The van der Waals surface area contributed by atoms with Crippen LogP contribution in [0.1, 0.15) is 39.3 Å². The minimum Gasteiger partial charge on any atom is -0.303 e. The van der Waals surface area contributed by atoms with E-state index in [0.29, 0.717) is 17.1 Å². The zero-order valence-electron chi connectivity index (χ0n) is 11.9. The molecule has 1 aromatic heterocycles. The van der Waals surface area contributed by atoms with E-state index in [1.807, 2.05) is 6.07 Å². The van der Waals surface area contributed by atoms with Gasteiger partial charge in [-0.15, -0.1) is 0 Å². The van der Waals surface area contributed by atoms with Crippen molar-refractivity contribution in [1.29, 1.82) is 0 Å². The molecular formula is C15H20FN3O. The van der Waals surface area contributed by atoms with Crippen LogP contribution in [0, 0.1) is 5.82 Å². The van der Waals surface area contributed by atoms with Gasteiger partial charge in [-0.05, 0) is 45.2 Å². The highest BCUT2D eigenvalue weighted by atomic mass is 19.1. The molecule has 2 heterocycles. The standard InChI is InChI=1S/C15H20FN3O/c1-10(2)18-9-4-3-8-13(18)19-12-7-5-6-11(16)14(12)17-15(19)20/h5-7,10,13H,3-4,8-9H2,1-2H3,(H,17,20). The van der Waals surface area contributed by atoms with Crippen LogP contribution in [0.15, 0.2) is 23.0 Å². The summed E-state index contributed by atoms with van der Waals surface area (Å²) in [6.07, 6.45) is 3.20. The van der Waals surface area contributed by atoms with Gasteiger partial charge in [-0.25, -0.2) is 9.18 Å². The lowest BCUT2D eigenvalue weighted by molar-refractivity contribution is 0.0649. The van der Waals surface area contributed by atoms with E-state index in [1.165, 1.54) is 6.07 Å². The SMILES string of the molecule is CC(C)N1CCCCC1n1c(=O)[nH]c2c(F)cccc21. The number of halogens is 1. The van der Waals surface area contributed by atoms with Gasteiger partial charge >= 0.3 is 5.69 Å². The monoisotopic (exact) mass is 277 g/mol. The molecule has 5 heteroatoms. The van der Waals surface area contributed by atoms with Gasteiger partial charge in [-0.1, -0.05) is 6.07 Å². The van der Waals surface area contributed by atoms with Crippen molar-refractivity contribution in [2.75, 3.05) is 6.54 Å². The van der Waals surface area contributed by atoms with Crippen molar-refractivity contribution in [3.63, 3.8) is 0 Å². The normalized spacial score (nSPS) is 20.9. The number of likely N-dealkylation sites (tertiary alicyclic amines) is 1. The summed E-state index contributed by atoms with van der Waals surface area (Å²) >= 11 is 0. The van der Waals surface area contributed by atoms with Crippen LogP contribution in [-0.4, -0.2) is 27.0 Å². The number of fused-ring (bicyclic) bond motifs is 1. The molecule has 0 saturated carbocycles. The highest BCUT2D eigenvalue weighted by molar-refractivity contribution is 5.75. The summed E-state index contributed by atoms with van der Waals surface area (Å²) in [5, 5.41) is 0. The van der Waals surface area contributed by atoms with Crippen LogP contribution < -0.4 is 5.69 Å². The van der Waals surface area contributed by atoms with Gasteiger partial charge in [0.2, 0.25) is 0 Å². The van der Waals surface area contributed by atoms with Gasteiger partial charge in [0.05, 0.1) is 11.7 Å². The summed E-state index contributed by atoms with van der Waals surface area (Å²) in [5.74, 6) is -0.370. The summed E-state index contributed by atoms with van der Waals surface area (Å²) in [5.41, 5.74) is 0.752. The third-order valence-electron chi connectivity index (χ3n) is 4.17. The number of piperidine rings is 1. The lowest BCUT2D eigenvalue weighted by Crippen LogP contribution is -2.43. The molecular weight excluding hydrogens is 257 g/mol. The van der Waals surface area contributed by atoms with E-state index in [4.69, 9.17) is 0 Å². The van der Waals surface area contributed by atoms with Crippen LogP contribution in [0.2, 0.25) is 0 Å². The van der Waals surface area contributed by atoms with E-state index in [2.05, 4.69) is 23.7 Å². The summed E-state index contributed by atoms with van der Waals surface area (Å²) in [4.78, 5) is 17.3. The number of nitrogens with one attached hydrogen (secondary N) is 1. The van der Waals surface area contributed by atoms with Crippen molar-refractivity contribution in [3.8, 4) is 0 Å². The van der Waals surface area contributed by atoms with Crippen LogP contribution in [0.3, 0.4) is 0 Å². The molecule has 1 aliphatic heterocycles. The van der Waals surface area contributed by atoms with Gasteiger partial charge < -0.3 is 4.98 Å². The largest absolute Gasteiger partial charge is 0.327 e. The first-order chi connectivity index (χ1) is 9.59. The highest BCUT2D eigenvalue weighted by Gasteiger charge is 2.28. The molecule has 0 aliphatic carbocycles. The van der Waals surface area contributed by atoms with Crippen molar-refractivity contribution in [2.24, 2.45) is 0 Å². The lowest BCUT2D eigenvalue weighted by Gasteiger charge is -2.39. The first-order valence-corrected chi connectivity index (χ1v) is 7.24. The van der Waals surface area contributed by atoms with E-state index in [1.54, 1.807) is 10.6 Å². The topological polar surface area (TPSA) is 41.0 Å². The van der Waals surface area contributed by atoms with Gasteiger partial charge in [0.1, 0.15) is 11.3 Å². The molecule has 3 rings (SSSR count). The zero-order chi connectivity index (χ0) is 14.3. The molecule has 2 aromatic rings. The quantitative estimate of drug-likeness (QED) is 0.917. The summed E-state index contributed by atoms with van der Waals surface area (Å²) in [6, 6.07) is 5.21. The maximum Gasteiger partial charge on any atom is 0.327 e. The molecule has 0 amide bonds. The summed E-state index contributed by atoms with van der Waals surface area (Å²) in [6.45, 7) is 5.26. The Bertz CT molecular complexity index is 673. The third-order valence-corrected chi connectivity index (χ3v) is 4.17. The number of para-hydroxylation sites is 1. The lowest BCUT2D eigenvalue weighted by atomic mass is 10.1. The Morgan fingerprint density at radius 3 is 2.90 bits per heavy atom. The Labute approximate surface area is 117 Å². The Morgan fingerprint density at radius 2 is 2.15 bits per heavy atom. The second-order valence-electron chi connectivity index (χ2n) is 5.74. The number of hydrogen-bond donors (Lipinski definition) is 1. The maximum absolute atomic E-state index is 13.8. The van der Waals surface area contributed by atoms with Gasteiger partial charge in [-0.2, -0.15) is 0 Å². The Hall–Kier alpha value is -1.62. The fourth-order valence-electron chi connectivity index (χ4n) is 3.23. The Morgan fingerprint density at radius 1 is 1.35 bits per heavy atom. The van der Waals surface area contributed by atoms with Gasteiger partial charge in [0.15, 0.2) is 0 Å². The molecule has 20 heavy (non-hydrogen) atoms. The number of aromatic amines is 1. The zero-order valence-corrected chi connectivity index (χ0v) is 11.9. The predicted molar refractivity (Wildman–Crippen MR) is 77.2 cm³/mol. The fourth-order valence-corrected chi connectivity index (χ4v) is 3.23. The van der Waals surface area contributed by atoms with Crippen molar-refractivity contribution in [1.82, 2.24) is 14.5 Å². The summed E-state index contributed by atoms with van der Waals surface area (Å²) in [7, 11) is 0. The molecule has 1 atom stereocenters. The van der Waals surface area contributed by atoms with E-state index in [-0.39, 0.29) is 17.7 Å². The van der Waals surface area contributed by atoms with E-state index in [9.17, 15) is 9.18 Å². The second-order valence-corrected chi connectivity index (χ2v) is 5.74. The van der Waals surface area contributed by atoms with Crippen molar-refractivity contribution >= 4 is 11.0 Å². The molecule has 0 radical (unpaired) electrons. The minimum absolute atomic E-state index is 0.0202. The summed E-state index contributed by atoms with van der Waals surface area (Å²) < 4.78 is 15.5. The van der Waals surface area contributed by atoms with E-state index in [0.717, 1.165) is 25.8 Å². The van der Waals surface area contributed by atoms with Crippen LogP contribution in [0.25, 0.3) is 11.0 Å². The smallest absolute Gasteiger partial charge is 0.303 e. The number of H-pyrrole nitrogens is 1. The average Bonchev–Trinajstić information content (AvgIpc) is 2.76. The average molecular weight is 277 g/mol. The molecule has 1 aromatic carbocycles. The maximum atomic E-state index is 13.8. The first-order valence-electron chi connectivity index (χ1n) is 7.24. The van der Waals surface area contributed by atoms with Gasteiger partial charge in [0.25, 0.3) is 0 Å². The fraction of sp³-hybridized carbons (Fsp3) is 0.533. The van der Waals surface area contributed by atoms with E-state index >= 15 is 0 Å². The van der Waals surface area contributed by atoms with E-state index < -0.39 is 0 Å². The molecule has 1 saturated heterocycles. The molecule has 108 valence electrons. The van der Waals surface area contributed by atoms with Crippen molar-refractivity contribution in [2.45, 2.75) is 45.3 Å². The number of nitrogens with zero attached hydrogens (tertiary/aromatic N) is 2. The number of hydrogen-bond acceptors (Lipinski definition) is 2. The third kappa shape index (κ3) is 2.06. The minimum atomic E-state index is -0.370. The predicted octanol–water partition coefficient (Wildman–Crippen LogP) is 2.86. The van der Waals surface area contributed by atoms with Crippen molar-refractivity contribution < 1.29 is 4.39 Å². The number of aromatic nitrogens is 2. The van der Waals surface area contributed by atoms with Crippen molar-refractivity contribution in [3.05, 3.63) is 34.5 Å². The van der Waals surface area contributed by atoms with Gasteiger partial charge in [0, 0.05) is 12.6 Å². The van der Waals surface area contributed by atoms with Crippen LogP contribution in [0.4, 0.5) is 4.39 Å². The number of imidazole rings is 1. The highest BCUT2D eigenvalue weighted by Crippen LogP contribution is 2.29. The molecule has 1 aliphatic rings. The first kappa shape index (κ1) is 13.4. The number of rotatable bonds is 2. The molecule has 1 fully saturated rings. The molecule has 4 nitrogen and oxygen atoms in total. The molecule has 0 spiro atoms.